The van der Waals surface area contributed by atoms with Gasteiger partial charge >= 0.3 is 0 Å². The molecule has 1 N–H and O–H groups in total. The van der Waals surface area contributed by atoms with Gasteiger partial charge in [0.2, 0.25) is 0 Å². The summed E-state index contributed by atoms with van der Waals surface area (Å²) < 4.78 is 44.7. The van der Waals surface area contributed by atoms with Gasteiger partial charge in [-0.25, -0.2) is 8.78 Å². The number of fused-ring (bicyclic) bond motifs is 1. The fourth-order valence-electron chi connectivity index (χ4n) is 2.15. The number of hydrogen-bond acceptors (Lipinski definition) is 3. The van der Waals surface area contributed by atoms with Crippen molar-refractivity contribution >= 4 is 5.82 Å². The summed E-state index contributed by atoms with van der Waals surface area (Å²) in [7, 11) is 0. The third-order valence-corrected chi connectivity index (χ3v) is 3.10. The molecule has 6 heteroatoms. The van der Waals surface area contributed by atoms with E-state index in [0.29, 0.717) is 12.5 Å². The molecule has 0 fully saturated rings. The molecule has 0 radical (unpaired) electrons. The van der Waals surface area contributed by atoms with Crippen LogP contribution in [0.1, 0.15) is 5.56 Å². The number of halogens is 3. The van der Waals surface area contributed by atoms with E-state index >= 15 is 0 Å². The second-order valence-electron chi connectivity index (χ2n) is 4.52. The van der Waals surface area contributed by atoms with Crippen molar-refractivity contribution in [3.63, 3.8) is 0 Å². The number of nitrogens with one attached hydrogen (secondary N) is 1. The summed E-state index contributed by atoms with van der Waals surface area (Å²) in [4.78, 5) is 3.20. The first kappa shape index (κ1) is 12.8. The summed E-state index contributed by atoms with van der Waals surface area (Å²) in [6.45, 7) is 0.254. The standard InChI is InChI=1S/C14H11F3N2O/c15-10-6-11(16)14(19-13(10)17)18-7-9-5-8-3-1-2-4-12(8)20-9/h1-4,6,9H,5,7H2,(H,18,19). The zero-order valence-corrected chi connectivity index (χ0v) is 10.4. The fraction of sp³-hybridized carbons (Fsp3) is 0.214. The van der Waals surface area contributed by atoms with Crippen LogP contribution in [0.3, 0.4) is 0 Å². The summed E-state index contributed by atoms with van der Waals surface area (Å²) >= 11 is 0. The van der Waals surface area contributed by atoms with E-state index in [1.807, 2.05) is 24.3 Å². The Labute approximate surface area is 113 Å². The number of anilines is 1. The van der Waals surface area contributed by atoms with Crippen molar-refractivity contribution in [3.8, 4) is 5.75 Å². The molecule has 1 aromatic carbocycles. The molecule has 1 aliphatic rings. The number of benzene rings is 1. The Bertz CT molecular complexity index is 623. The molecule has 0 saturated heterocycles. The molecule has 20 heavy (non-hydrogen) atoms. The van der Waals surface area contributed by atoms with Crippen LogP contribution in [0.2, 0.25) is 0 Å². The summed E-state index contributed by atoms with van der Waals surface area (Å²) in [5.74, 6) is -3.09. The van der Waals surface area contributed by atoms with Crippen molar-refractivity contribution in [1.82, 2.24) is 4.98 Å². The molecule has 2 heterocycles. The Kier molecular flexibility index (Phi) is 3.22. The Balaban J connectivity index is 1.66. The molecule has 0 saturated carbocycles. The SMILES string of the molecule is Fc1cc(F)c(NCC2Cc3ccccc3O2)nc1F. The molecular weight excluding hydrogens is 269 g/mol. The average Bonchev–Trinajstić information content (AvgIpc) is 2.84. The smallest absolute Gasteiger partial charge is 0.251 e. The maximum Gasteiger partial charge on any atom is 0.251 e. The quantitative estimate of drug-likeness (QED) is 0.878. The Morgan fingerprint density at radius 2 is 2.00 bits per heavy atom. The number of aromatic nitrogens is 1. The lowest BCUT2D eigenvalue weighted by Gasteiger charge is -2.12. The van der Waals surface area contributed by atoms with Gasteiger partial charge in [0.25, 0.3) is 5.95 Å². The second kappa shape index (κ2) is 5.03. The van der Waals surface area contributed by atoms with Gasteiger partial charge in [-0.15, -0.1) is 0 Å². The van der Waals surface area contributed by atoms with Crippen LogP contribution in [0.5, 0.6) is 5.75 Å². The largest absolute Gasteiger partial charge is 0.488 e. The van der Waals surface area contributed by atoms with E-state index in [2.05, 4.69) is 10.3 Å². The van der Waals surface area contributed by atoms with Gasteiger partial charge in [0.05, 0.1) is 6.54 Å². The van der Waals surface area contributed by atoms with Gasteiger partial charge in [0.1, 0.15) is 11.9 Å². The van der Waals surface area contributed by atoms with E-state index in [1.54, 1.807) is 0 Å². The van der Waals surface area contributed by atoms with Crippen LogP contribution in [-0.4, -0.2) is 17.6 Å². The first-order chi connectivity index (χ1) is 9.63. The van der Waals surface area contributed by atoms with Crippen LogP contribution in [-0.2, 0) is 6.42 Å². The second-order valence-corrected chi connectivity index (χ2v) is 4.52. The maximum atomic E-state index is 13.4. The predicted molar refractivity (Wildman–Crippen MR) is 67.2 cm³/mol. The zero-order valence-electron chi connectivity index (χ0n) is 10.4. The predicted octanol–water partition coefficient (Wildman–Crippen LogP) is 2.91. The average molecular weight is 280 g/mol. The number of para-hydroxylation sites is 1. The van der Waals surface area contributed by atoms with E-state index in [4.69, 9.17) is 4.74 Å². The minimum Gasteiger partial charge on any atom is -0.488 e. The molecule has 0 amide bonds. The van der Waals surface area contributed by atoms with Gasteiger partial charge in [-0.2, -0.15) is 9.37 Å². The first-order valence-corrected chi connectivity index (χ1v) is 6.13. The van der Waals surface area contributed by atoms with E-state index in [1.165, 1.54) is 0 Å². The van der Waals surface area contributed by atoms with Crippen LogP contribution in [0.15, 0.2) is 30.3 Å². The first-order valence-electron chi connectivity index (χ1n) is 6.13. The number of pyridine rings is 1. The molecule has 3 nitrogen and oxygen atoms in total. The Morgan fingerprint density at radius 3 is 2.80 bits per heavy atom. The lowest BCUT2D eigenvalue weighted by atomic mass is 10.1. The molecule has 104 valence electrons. The van der Waals surface area contributed by atoms with Crippen LogP contribution in [0.25, 0.3) is 0 Å². The highest BCUT2D eigenvalue weighted by atomic mass is 19.2. The Hall–Kier alpha value is -2.24. The fourth-order valence-corrected chi connectivity index (χ4v) is 2.15. The molecule has 2 aromatic rings. The van der Waals surface area contributed by atoms with Gasteiger partial charge in [0, 0.05) is 12.5 Å². The van der Waals surface area contributed by atoms with Crippen LogP contribution in [0, 0.1) is 17.6 Å². The number of nitrogens with zero attached hydrogens (tertiary/aromatic N) is 1. The van der Waals surface area contributed by atoms with E-state index in [9.17, 15) is 13.2 Å². The minimum absolute atomic E-state index is 0.193. The number of ether oxygens (including phenoxy) is 1. The maximum absolute atomic E-state index is 13.4. The minimum atomic E-state index is -1.33. The third-order valence-electron chi connectivity index (χ3n) is 3.10. The molecule has 1 unspecified atom stereocenters. The van der Waals surface area contributed by atoms with Crippen molar-refractivity contribution in [2.24, 2.45) is 0 Å². The molecular formula is C14H11F3N2O. The van der Waals surface area contributed by atoms with Crippen molar-refractivity contribution in [2.75, 3.05) is 11.9 Å². The summed E-state index contributed by atoms with van der Waals surface area (Å²) in [5, 5.41) is 2.64. The highest BCUT2D eigenvalue weighted by Crippen LogP contribution is 2.28. The zero-order chi connectivity index (χ0) is 14.1. The Morgan fingerprint density at radius 1 is 1.20 bits per heavy atom. The monoisotopic (exact) mass is 280 g/mol. The van der Waals surface area contributed by atoms with Crippen molar-refractivity contribution in [2.45, 2.75) is 12.5 Å². The van der Waals surface area contributed by atoms with Gasteiger partial charge in [0.15, 0.2) is 17.5 Å². The summed E-state index contributed by atoms with van der Waals surface area (Å²) in [6.07, 6.45) is 0.482. The van der Waals surface area contributed by atoms with Crippen molar-refractivity contribution < 1.29 is 17.9 Å². The molecule has 1 aliphatic heterocycles. The molecule has 0 bridgehead atoms. The molecule has 0 aliphatic carbocycles. The topological polar surface area (TPSA) is 34.1 Å². The van der Waals surface area contributed by atoms with Crippen molar-refractivity contribution in [1.29, 1.82) is 0 Å². The van der Waals surface area contributed by atoms with Gasteiger partial charge in [-0.1, -0.05) is 18.2 Å². The lowest BCUT2D eigenvalue weighted by molar-refractivity contribution is 0.246. The van der Waals surface area contributed by atoms with Gasteiger partial charge < -0.3 is 10.1 Å². The lowest BCUT2D eigenvalue weighted by Crippen LogP contribution is -2.25. The molecule has 0 spiro atoms. The molecule has 1 atom stereocenters. The van der Waals surface area contributed by atoms with Crippen molar-refractivity contribution in [3.05, 3.63) is 53.5 Å². The van der Waals surface area contributed by atoms with E-state index in [0.717, 1.165) is 11.3 Å². The number of rotatable bonds is 3. The van der Waals surface area contributed by atoms with E-state index < -0.39 is 17.6 Å². The third kappa shape index (κ3) is 2.41. The van der Waals surface area contributed by atoms with Crippen LogP contribution < -0.4 is 10.1 Å². The number of hydrogen-bond donors (Lipinski definition) is 1. The molecule has 3 rings (SSSR count). The van der Waals surface area contributed by atoms with Crippen LogP contribution >= 0.6 is 0 Å². The molecule has 1 aromatic heterocycles. The summed E-state index contributed by atoms with van der Waals surface area (Å²) in [5.41, 5.74) is 1.07. The van der Waals surface area contributed by atoms with Gasteiger partial charge in [-0.3, -0.25) is 0 Å². The normalized spacial score (nSPS) is 16.6. The highest BCUT2D eigenvalue weighted by molar-refractivity contribution is 5.40. The van der Waals surface area contributed by atoms with Gasteiger partial charge in [-0.05, 0) is 11.6 Å². The summed E-state index contributed by atoms with van der Waals surface area (Å²) in [6, 6.07) is 8.05. The highest BCUT2D eigenvalue weighted by Gasteiger charge is 2.22. The van der Waals surface area contributed by atoms with Crippen LogP contribution in [0.4, 0.5) is 19.0 Å². The van der Waals surface area contributed by atoms with E-state index in [-0.39, 0.29) is 18.5 Å².